The summed E-state index contributed by atoms with van der Waals surface area (Å²) in [5, 5.41) is 3.39. The Labute approximate surface area is 117 Å². The molecule has 2 aliphatic heterocycles. The van der Waals surface area contributed by atoms with Crippen molar-refractivity contribution in [3.05, 3.63) is 35.4 Å². The lowest BCUT2D eigenvalue weighted by Gasteiger charge is -2.33. The second-order valence-electron chi connectivity index (χ2n) is 5.54. The molecule has 1 N–H and O–H groups in total. The molecule has 2 heteroatoms. The van der Waals surface area contributed by atoms with Gasteiger partial charge in [-0.25, -0.2) is 0 Å². The summed E-state index contributed by atoms with van der Waals surface area (Å²) in [6.45, 7) is 7.38. The zero-order valence-electron chi connectivity index (χ0n) is 12.4. The Morgan fingerprint density at radius 1 is 1.11 bits per heavy atom. The van der Waals surface area contributed by atoms with E-state index in [1.165, 1.54) is 30.4 Å². The van der Waals surface area contributed by atoms with Gasteiger partial charge in [0.1, 0.15) is 0 Å². The van der Waals surface area contributed by atoms with Gasteiger partial charge in [-0.05, 0) is 37.1 Å². The van der Waals surface area contributed by atoms with Crippen LogP contribution in [0.2, 0.25) is 0 Å². The second-order valence-corrected chi connectivity index (χ2v) is 5.54. The minimum absolute atomic E-state index is 0.0435. The first-order valence-corrected chi connectivity index (χ1v) is 7.75. The van der Waals surface area contributed by atoms with Crippen molar-refractivity contribution in [3.8, 4) is 0 Å². The van der Waals surface area contributed by atoms with Crippen LogP contribution in [-0.4, -0.2) is 13.1 Å². The molecule has 2 aliphatic rings. The fourth-order valence-electron chi connectivity index (χ4n) is 2.98. The van der Waals surface area contributed by atoms with E-state index in [9.17, 15) is 0 Å². The van der Waals surface area contributed by atoms with E-state index in [0.29, 0.717) is 0 Å². The largest absolute Gasteiger partial charge is 0.365 e. The number of piperidine rings is 1. The Bertz CT molecular complexity index is 375. The third kappa shape index (κ3) is 3.37. The first-order chi connectivity index (χ1) is 9.32. The van der Waals surface area contributed by atoms with E-state index >= 15 is 0 Å². The van der Waals surface area contributed by atoms with Gasteiger partial charge in [0.2, 0.25) is 0 Å². The van der Waals surface area contributed by atoms with E-state index in [4.69, 9.17) is 4.74 Å². The molecule has 1 spiro atoms. The van der Waals surface area contributed by atoms with Crippen molar-refractivity contribution in [2.45, 2.75) is 58.2 Å². The average molecular weight is 261 g/mol. The lowest BCUT2D eigenvalue weighted by atomic mass is 9.84. The van der Waals surface area contributed by atoms with Crippen LogP contribution in [0.4, 0.5) is 0 Å². The van der Waals surface area contributed by atoms with E-state index < -0.39 is 0 Å². The zero-order valence-corrected chi connectivity index (χ0v) is 12.4. The van der Waals surface area contributed by atoms with Crippen LogP contribution in [0.5, 0.6) is 0 Å². The van der Waals surface area contributed by atoms with Gasteiger partial charge in [0.25, 0.3) is 0 Å². The number of nitrogens with one attached hydrogen (secondary N) is 1. The Balaban J connectivity index is 0.000000232. The molecule has 0 unspecified atom stereocenters. The number of hydrogen-bond donors (Lipinski definition) is 1. The molecule has 0 atom stereocenters. The Hall–Kier alpha value is -0.860. The lowest BCUT2D eigenvalue weighted by Crippen LogP contribution is -2.39. The summed E-state index contributed by atoms with van der Waals surface area (Å²) in [6, 6.07) is 8.64. The molecule has 0 saturated carbocycles. The standard InChI is InChI=1S/C12H15NO.C5H12/c1-2-4-11-10(3-1)9-14-12(11)5-7-13-8-6-12;1-3-5-4-2/h1-4,13H,5-9H2;3-5H2,1-2H3. The van der Waals surface area contributed by atoms with Crippen LogP contribution >= 0.6 is 0 Å². The molecular formula is C17H27NO. The molecule has 2 heterocycles. The fraction of sp³-hybridized carbons (Fsp3) is 0.647. The molecule has 1 aromatic rings. The summed E-state index contributed by atoms with van der Waals surface area (Å²) in [6.07, 6.45) is 6.31. The van der Waals surface area contributed by atoms with Crippen LogP contribution in [0.25, 0.3) is 0 Å². The summed E-state index contributed by atoms with van der Waals surface area (Å²) in [5.41, 5.74) is 2.86. The Kier molecular flexibility index (Phi) is 5.41. The highest BCUT2D eigenvalue weighted by molar-refractivity contribution is 5.35. The topological polar surface area (TPSA) is 21.3 Å². The normalized spacial score (nSPS) is 19.7. The Morgan fingerprint density at radius 3 is 2.42 bits per heavy atom. The average Bonchev–Trinajstić information content (AvgIpc) is 2.81. The number of unbranched alkanes of at least 4 members (excludes halogenated alkanes) is 2. The second kappa shape index (κ2) is 7.06. The maximum Gasteiger partial charge on any atom is 0.0963 e. The molecule has 3 rings (SSSR count). The van der Waals surface area contributed by atoms with Gasteiger partial charge < -0.3 is 10.1 Å². The maximum absolute atomic E-state index is 6.01. The highest BCUT2D eigenvalue weighted by Gasteiger charge is 2.40. The molecule has 0 radical (unpaired) electrons. The number of fused-ring (bicyclic) bond motifs is 2. The van der Waals surface area contributed by atoms with Gasteiger partial charge in [-0.2, -0.15) is 0 Å². The Morgan fingerprint density at radius 2 is 1.79 bits per heavy atom. The van der Waals surface area contributed by atoms with Crippen LogP contribution in [-0.2, 0) is 16.9 Å². The smallest absolute Gasteiger partial charge is 0.0963 e. The quantitative estimate of drug-likeness (QED) is 0.869. The third-order valence-corrected chi connectivity index (χ3v) is 4.13. The monoisotopic (exact) mass is 261 g/mol. The van der Waals surface area contributed by atoms with Crippen molar-refractivity contribution in [2.75, 3.05) is 13.1 Å². The third-order valence-electron chi connectivity index (χ3n) is 4.13. The predicted octanol–water partition coefficient (Wildman–Crippen LogP) is 3.99. The van der Waals surface area contributed by atoms with Gasteiger partial charge >= 0.3 is 0 Å². The molecule has 1 fully saturated rings. The van der Waals surface area contributed by atoms with Crippen molar-refractivity contribution in [1.29, 1.82) is 0 Å². The van der Waals surface area contributed by atoms with Crippen molar-refractivity contribution < 1.29 is 4.74 Å². The minimum atomic E-state index is 0.0435. The van der Waals surface area contributed by atoms with E-state index in [1.54, 1.807) is 0 Å². The fourth-order valence-corrected chi connectivity index (χ4v) is 2.98. The molecule has 1 aromatic carbocycles. The molecule has 0 aliphatic carbocycles. The number of rotatable bonds is 2. The number of benzene rings is 1. The first kappa shape index (κ1) is 14.5. The SMILES string of the molecule is CCCCC.c1ccc2c(c1)COC21CCNCC1. The summed E-state index contributed by atoms with van der Waals surface area (Å²) < 4.78 is 6.01. The number of ether oxygens (including phenoxy) is 1. The molecule has 0 aromatic heterocycles. The van der Waals surface area contributed by atoms with Crippen molar-refractivity contribution in [3.63, 3.8) is 0 Å². The molecule has 2 nitrogen and oxygen atoms in total. The van der Waals surface area contributed by atoms with E-state index in [1.807, 2.05) is 0 Å². The van der Waals surface area contributed by atoms with Crippen molar-refractivity contribution >= 4 is 0 Å². The molecule has 106 valence electrons. The summed E-state index contributed by atoms with van der Waals surface area (Å²) in [4.78, 5) is 0. The van der Waals surface area contributed by atoms with E-state index in [0.717, 1.165) is 32.5 Å². The zero-order chi connectivity index (χ0) is 13.6. The van der Waals surface area contributed by atoms with Gasteiger partial charge in [0, 0.05) is 0 Å². The molecule has 1 saturated heterocycles. The minimum Gasteiger partial charge on any atom is -0.365 e. The lowest BCUT2D eigenvalue weighted by molar-refractivity contribution is -0.0590. The van der Waals surface area contributed by atoms with Crippen LogP contribution in [0.15, 0.2) is 24.3 Å². The predicted molar refractivity (Wildman–Crippen MR) is 80.2 cm³/mol. The van der Waals surface area contributed by atoms with E-state index in [-0.39, 0.29) is 5.60 Å². The molecule has 0 bridgehead atoms. The first-order valence-electron chi connectivity index (χ1n) is 7.75. The summed E-state index contributed by atoms with van der Waals surface area (Å²) in [5.74, 6) is 0. The van der Waals surface area contributed by atoms with Gasteiger partial charge in [-0.15, -0.1) is 0 Å². The highest BCUT2D eigenvalue weighted by atomic mass is 16.5. The molecule has 19 heavy (non-hydrogen) atoms. The van der Waals surface area contributed by atoms with Crippen LogP contribution in [0.1, 0.15) is 57.1 Å². The van der Waals surface area contributed by atoms with Gasteiger partial charge in [-0.3, -0.25) is 0 Å². The molecule has 0 amide bonds. The van der Waals surface area contributed by atoms with Crippen LogP contribution < -0.4 is 5.32 Å². The van der Waals surface area contributed by atoms with Gasteiger partial charge in [0.15, 0.2) is 0 Å². The summed E-state index contributed by atoms with van der Waals surface area (Å²) in [7, 11) is 0. The summed E-state index contributed by atoms with van der Waals surface area (Å²) >= 11 is 0. The van der Waals surface area contributed by atoms with Crippen LogP contribution in [0.3, 0.4) is 0 Å². The van der Waals surface area contributed by atoms with Gasteiger partial charge in [0.05, 0.1) is 12.2 Å². The van der Waals surface area contributed by atoms with Crippen molar-refractivity contribution in [2.24, 2.45) is 0 Å². The van der Waals surface area contributed by atoms with Crippen LogP contribution in [0, 0.1) is 0 Å². The van der Waals surface area contributed by atoms with Gasteiger partial charge in [-0.1, -0.05) is 57.4 Å². The van der Waals surface area contributed by atoms with Crippen molar-refractivity contribution in [1.82, 2.24) is 5.32 Å². The van der Waals surface area contributed by atoms with E-state index in [2.05, 4.69) is 43.4 Å². The number of hydrogen-bond acceptors (Lipinski definition) is 2. The maximum atomic E-state index is 6.01. The highest BCUT2D eigenvalue weighted by Crippen LogP contribution is 2.42. The molecular weight excluding hydrogens is 234 g/mol.